The fourth-order valence-electron chi connectivity index (χ4n) is 3.15. The van der Waals surface area contributed by atoms with E-state index in [-0.39, 0.29) is 18.7 Å². The van der Waals surface area contributed by atoms with Gasteiger partial charge in [-0.3, -0.25) is 9.59 Å². The number of oxazole rings is 1. The van der Waals surface area contributed by atoms with Crippen LogP contribution in [0.15, 0.2) is 34.9 Å². The summed E-state index contributed by atoms with van der Waals surface area (Å²) in [5, 5.41) is 11.9. The van der Waals surface area contributed by atoms with Crippen LogP contribution in [0, 0.1) is 17.1 Å². The molecule has 3 rings (SSSR count). The van der Waals surface area contributed by atoms with Crippen LogP contribution in [0.5, 0.6) is 0 Å². The van der Waals surface area contributed by atoms with Gasteiger partial charge in [0.15, 0.2) is 18.3 Å². The number of ether oxygens (including phenoxy) is 1. The molecule has 0 spiro atoms. The first-order valence-electron chi connectivity index (χ1n) is 9.08. The monoisotopic (exact) mass is 385 g/mol. The van der Waals surface area contributed by atoms with Crippen molar-refractivity contribution in [3.8, 4) is 17.4 Å². The van der Waals surface area contributed by atoms with Crippen LogP contribution in [0.1, 0.15) is 38.0 Å². The molecule has 1 N–H and O–H groups in total. The molecule has 28 heavy (non-hydrogen) atoms. The van der Waals surface area contributed by atoms with E-state index in [9.17, 15) is 19.2 Å². The summed E-state index contributed by atoms with van der Waals surface area (Å²) < 4.78 is 23.5. The Morgan fingerprint density at radius 2 is 2.00 bits per heavy atom. The highest BCUT2D eigenvalue weighted by Crippen LogP contribution is 2.28. The number of hydrogen-bond acceptors (Lipinski definition) is 6. The lowest BCUT2D eigenvalue weighted by Gasteiger charge is -2.21. The summed E-state index contributed by atoms with van der Waals surface area (Å²) in [4.78, 5) is 27.9. The molecular formula is C20H20FN3O4. The molecule has 7 nitrogen and oxygen atoms in total. The van der Waals surface area contributed by atoms with Gasteiger partial charge in [0, 0.05) is 12.0 Å². The van der Waals surface area contributed by atoms with Gasteiger partial charge in [-0.05, 0) is 49.9 Å². The van der Waals surface area contributed by atoms with Crippen molar-refractivity contribution in [1.29, 1.82) is 5.26 Å². The zero-order valence-electron chi connectivity index (χ0n) is 15.2. The van der Waals surface area contributed by atoms with Crippen LogP contribution in [-0.2, 0) is 20.7 Å². The van der Waals surface area contributed by atoms with Crippen molar-refractivity contribution in [2.24, 2.45) is 0 Å². The summed E-state index contributed by atoms with van der Waals surface area (Å²) in [6.45, 7) is -0.422. The van der Waals surface area contributed by atoms with Gasteiger partial charge in [-0.15, -0.1) is 0 Å². The molecule has 1 saturated carbocycles. The van der Waals surface area contributed by atoms with Gasteiger partial charge in [0.25, 0.3) is 5.91 Å². The third-order valence-corrected chi connectivity index (χ3v) is 4.64. The van der Waals surface area contributed by atoms with E-state index in [2.05, 4.69) is 16.4 Å². The molecule has 8 heteroatoms. The Balaban J connectivity index is 1.43. The number of halogens is 1. The molecule has 0 atom stereocenters. The topological polar surface area (TPSA) is 105 Å². The van der Waals surface area contributed by atoms with E-state index in [1.54, 1.807) is 12.1 Å². The summed E-state index contributed by atoms with van der Waals surface area (Å²) in [5.74, 6) is -0.569. The Morgan fingerprint density at radius 3 is 2.68 bits per heavy atom. The minimum absolute atomic E-state index is 0.0000437. The molecule has 0 saturated heterocycles. The first-order valence-corrected chi connectivity index (χ1v) is 9.08. The number of benzene rings is 1. The molecule has 146 valence electrons. The number of amides is 1. The first-order chi connectivity index (χ1) is 13.5. The second kappa shape index (κ2) is 8.65. The maximum absolute atomic E-state index is 13.0. The fourth-order valence-corrected chi connectivity index (χ4v) is 3.15. The van der Waals surface area contributed by atoms with Crippen LogP contribution in [0.4, 0.5) is 4.39 Å². The third kappa shape index (κ3) is 4.94. The number of nitrogens with zero attached hydrogens (tertiary/aromatic N) is 2. The van der Waals surface area contributed by atoms with Crippen molar-refractivity contribution in [1.82, 2.24) is 10.3 Å². The quantitative estimate of drug-likeness (QED) is 0.735. The van der Waals surface area contributed by atoms with E-state index >= 15 is 0 Å². The number of carbonyl (C=O) groups excluding carboxylic acids is 2. The number of carbonyl (C=O) groups is 2. The molecule has 1 aliphatic rings. The summed E-state index contributed by atoms with van der Waals surface area (Å²) in [7, 11) is 0. The molecule has 0 radical (unpaired) electrons. The summed E-state index contributed by atoms with van der Waals surface area (Å²) >= 11 is 0. The summed E-state index contributed by atoms with van der Waals surface area (Å²) in [5.41, 5.74) is -0.157. The van der Waals surface area contributed by atoms with Gasteiger partial charge in [0.2, 0.25) is 0 Å². The van der Waals surface area contributed by atoms with Crippen molar-refractivity contribution in [3.63, 3.8) is 0 Å². The molecule has 1 amide bonds. The van der Waals surface area contributed by atoms with Gasteiger partial charge in [0.05, 0.1) is 18.7 Å². The molecule has 1 aromatic carbocycles. The smallest absolute Gasteiger partial charge is 0.306 e. The lowest BCUT2D eigenvalue weighted by Crippen LogP contribution is -2.46. The Labute approximate surface area is 161 Å². The molecule has 0 bridgehead atoms. The minimum Gasteiger partial charge on any atom is -0.456 e. The Hall–Kier alpha value is -3.21. The van der Waals surface area contributed by atoms with Crippen LogP contribution < -0.4 is 5.32 Å². The van der Waals surface area contributed by atoms with E-state index in [4.69, 9.17) is 9.15 Å². The van der Waals surface area contributed by atoms with E-state index in [0.29, 0.717) is 30.1 Å². The summed E-state index contributed by atoms with van der Waals surface area (Å²) in [6, 6.07) is 7.94. The van der Waals surface area contributed by atoms with E-state index in [1.165, 1.54) is 18.3 Å². The van der Waals surface area contributed by atoms with Crippen molar-refractivity contribution < 1.29 is 23.1 Å². The second-order valence-electron chi connectivity index (χ2n) is 6.74. The summed E-state index contributed by atoms with van der Waals surface area (Å²) in [6.07, 6.45) is 4.73. The average molecular weight is 385 g/mol. The number of rotatable bonds is 7. The number of nitrogens with one attached hydrogen (secondary N) is 1. The first kappa shape index (κ1) is 19.5. The fraction of sp³-hybridized carbons (Fsp3) is 0.400. The Morgan fingerprint density at radius 1 is 1.29 bits per heavy atom. The minimum atomic E-state index is -0.835. The molecular weight excluding hydrogens is 365 g/mol. The second-order valence-corrected chi connectivity index (χ2v) is 6.74. The lowest BCUT2D eigenvalue weighted by atomic mass is 10.00. The standard InChI is InChI=1S/C20H20FN3O4/c21-15-5-3-14(4-6-15)16-11-23-18(28-16)7-8-19(26)27-12-17(25)24-20(13-22)9-1-2-10-20/h3-6,11H,1-2,7-10,12H2,(H,24,25). The predicted molar refractivity (Wildman–Crippen MR) is 96.1 cm³/mol. The Kier molecular flexibility index (Phi) is 6.04. The van der Waals surface area contributed by atoms with Crippen molar-refractivity contribution in [2.75, 3.05) is 6.61 Å². The van der Waals surface area contributed by atoms with Gasteiger partial charge >= 0.3 is 5.97 Å². The van der Waals surface area contributed by atoms with Gasteiger partial charge < -0.3 is 14.5 Å². The van der Waals surface area contributed by atoms with Gasteiger partial charge in [-0.25, -0.2) is 9.37 Å². The van der Waals surface area contributed by atoms with Gasteiger partial charge in [-0.1, -0.05) is 0 Å². The van der Waals surface area contributed by atoms with E-state index in [0.717, 1.165) is 12.8 Å². The molecule has 0 unspecified atom stereocenters. The molecule has 1 fully saturated rings. The van der Waals surface area contributed by atoms with Crippen LogP contribution in [-0.4, -0.2) is 29.0 Å². The average Bonchev–Trinajstić information content (AvgIpc) is 3.35. The molecule has 2 aromatic rings. The van der Waals surface area contributed by atoms with Crippen molar-refractivity contribution in [3.05, 3.63) is 42.2 Å². The van der Waals surface area contributed by atoms with E-state index < -0.39 is 24.0 Å². The van der Waals surface area contributed by atoms with E-state index in [1.807, 2.05) is 0 Å². The predicted octanol–water partition coefficient (Wildman–Crippen LogP) is 2.91. The lowest BCUT2D eigenvalue weighted by molar-refractivity contribution is -0.148. The number of aryl methyl sites for hydroxylation is 1. The number of aromatic nitrogens is 1. The number of esters is 1. The number of nitriles is 1. The largest absolute Gasteiger partial charge is 0.456 e. The highest BCUT2D eigenvalue weighted by atomic mass is 19.1. The highest BCUT2D eigenvalue weighted by molar-refractivity contribution is 5.81. The molecule has 1 aliphatic carbocycles. The Bertz CT molecular complexity index is 880. The van der Waals surface area contributed by atoms with Gasteiger partial charge in [0.1, 0.15) is 11.4 Å². The van der Waals surface area contributed by atoms with Crippen LogP contribution in [0.3, 0.4) is 0 Å². The van der Waals surface area contributed by atoms with Crippen LogP contribution >= 0.6 is 0 Å². The molecule has 0 aliphatic heterocycles. The SMILES string of the molecule is N#CC1(NC(=O)COC(=O)CCc2ncc(-c3ccc(F)cc3)o2)CCCC1. The molecule has 1 heterocycles. The van der Waals surface area contributed by atoms with Gasteiger partial charge in [-0.2, -0.15) is 5.26 Å². The highest BCUT2D eigenvalue weighted by Gasteiger charge is 2.35. The zero-order valence-corrected chi connectivity index (χ0v) is 15.2. The zero-order chi connectivity index (χ0) is 20.0. The third-order valence-electron chi connectivity index (χ3n) is 4.64. The van der Waals surface area contributed by atoms with Crippen molar-refractivity contribution >= 4 is 11.9 Å². The maximum atomic E-state index is 13.0. The van der Waals surface area contributed by atoms with Crippen molar-refractivity contribution in [2.45, 2.75) is 44.1 Å². The number of hydrogen-bond donors (Lipinski definition) is 1. The van der Waals surface area contributed by atoms with Crippen LogP contribution in [0.25, 0.3) is 11.3 Å². The normalized spacial score (nSPS) is 15.0. The molecule has 1 aromatic heterocycles. The maximum Gasteiger partial charge on any atom is 0.306 e. The van der Waals surface area contributed by atoms with Crippen LogP contribution in [0.2, 0.25) is 0 Å².